The van der Waals surface area contributed by atoms with Crippen molar-refractivity contribution in [2.24, 2.45) is 0 Å². The SMILES string of the molecule is CC(NCCS(=O)(=O)c1ccc(Br)cc1)c1ccco1. The fourth-order valence-electron chi connectivity index (χ4n) is 1.81. The van der Waals surface area contributed by atoms with Crippen LogP contribution in [0.15, 0.2) is 56.4 Å². The lowest BCUT2D eigenvalue weighted by Gasteiger charge is -2.11. The maximum Gasteiger partial charge on any atom is 0.179 e. The van der Waals surface area contributed by atoms with Gasteiger partial charge in [-0.15, -0.1) is 0 Å². The summed E-state index contributed by atoms with van der Waals surface area (Å²) in [5.74, 6) is 0.852. The Morgan fingerprint density at radius 3 is 2.55 bits per heavy atom. The first-order chi connectivity index (χ1) is 9.49. The van der Waals surface area contributed by atoms with E-state index in [9.17, 15) is 8.42 Å². The molecule has 2 rings (SSSR count). The van der Waals surface area contributed by atoms with Gasteiger partial charge in [-0.2, -0.15) is 0 Å². The van der Waals surface area contributed by atoms with Crippen LogP contribution >= 0.6 is 15.9 Å². The fraction of sp³-hybridized carbons (Fsp3) is 0.286. The molecule has 108 valence electrons. The van der Waals surface area contributed by atoms with E-state index in [0.717, 1.165) is 10.2 Å². The molecule has 1 atom stereocenters. The van der Waals surface area contributed by atoms with Crippen LogP contribution in [0.4, 0.5) is 0 Å². The molecule has 0 fully saturated rings. The molecule has 0 aliphatic rings. The summed E-state index contributed by atoms with van der Waals surface area (Å²) in [5.41, 5.74) is 0. The molecule has 0 saturated heterocycles. The molecular weight excluding hydrogens is 342 g/mol. The summed E-state index contributed by atoms with van der Waals surface area (Å²) in [6.07, 6.45) is 1.60. The van der Waals surface area contributed by atoms with Crippen molar-refractivity contribution in [2.45, 2.75) is 17.9 Å². The summed E-state index contributed by atoms with van der Waals surface area (Å²) in [6, 6.07) is 10.3. The highest BCUT2D eigenvalue weighted by atomic mass is 79.9. The van der Waals surface area contributed by atoms with E-state index in [0.29, 0.717) is 11.4 Å². The van der Waals surface area contributed by atoms with E-state index in [1.165, 1.54) is 0 Å². The van der Waals surface area contributed by atoms with Crippen molar-refractivity contribution < 1.29 is 12.8 Å². The average Bonchev–Trinajstić information content (AvgIpc) is 2.93. The minimum Gasteiger partial charge on any atom is -0.468 e. The van der Waals surface area contributed by atoms with E-state index in [2.05, 4.69) is 21.2 Å². The number of hydrogen-bond donors (Lipinski definition) is 1. The highest BCUT2D eigenvalue weighted by molar-refractivity contribution is 9.10. The Hall–Kier alpha value is -1.11. The Labute approximate surface area is 127 Å². The van der Waals surface area contributed by atoms with Crippen LogP contribution in [-0.2, 0) is 9.84 Å². The van der Waals surface area contributed by atoms with Gasteiger partial charge in [0.05, 0.1) is 23.0 Å². The minimum absolute atomic E-state index is 0.00915. The van der Waals surface area contributed by atoms with Gasteiger partial charge in [-0.3, -0.25) is 0 Å². The lowest BCUT2D eigenvalue weighted by atomic mass is 10.2. The Morgan fingerprint density at radius 2 is 1.95 bits per heavy atom. The lowest BCUT2D eigenvalue weighted by Crippen LogP contribution is -2.25. The van der Waals surface area contributed by atoms with Crippen LogP contribution in [0.1, 0.15) is 18.7 Å². The summed E-state index contributed by atoms with van der Waals surface area (Å²) < 4.78 is 30.4. The number of rotatable bonds is 6. The van der Waals surface area contributed by atoms with Gasteiger partial charge in [-0.1, -0.05) is 15.9 Å². The van der Waals surface area contributed by atoms with E-state index in [1.54, 1.807) is 30.5 Å². The van der Waals surface area contributed by atoms with Crippen LogP contribution in [-0.4, -0.2) is 20.7 Å². The van der Waals surface area contributed by atoms with Crippen LogP contribution in [0, 0.1) is 0 Å². The summed E-state index contributed by atoms with van der Waals surface area (Å²) >= 11 is 3.29. The molecule has 6 heteroatoms. The predicted molar refractivity (Wildman–Crippen MR) is 81.3 cm³/mol. The number of furan rings is 1. The summed E-state index contributed by atoms with van der Waals surface area (Å²) in [7, 11) is -3.26. The van der Waals surface area contributed by atoms with Crippen LogP contribution < -0.4 is 5.32 Å². The molecule has 1 aromatic heterocycles. The third-order valence-corrected chi connectivity index (χ3v) is 5.22. The smallest absolute Gasteiger partial charge is 0.179 e. The van der Waals surface area contributed by atoms with Crippen molar-refractivity contribution in [1.82, 2.24) is 5.32 Å². The summed E-state index contributed by atoms with van der Waals surface area (Å²) in [5, 5.41) is 3.14. The van der Waals surface area contributed by atoms with E-state index >= 15 is 0 Å². The van der Waals surface area contributed by atoms with Crippen LogP contribution in [0.2, 0.25) is 0 Å². The zero-order valence-electron chi connectivity index (χ0n) is 11.0. The van der Waals surface area contributed by atoms with Gasteiger partial charge in [-0.25, -0.2) is 8.42 Å². The minimum atomic E-state index is -3.26. The molecule has 1 heterocycles. The van der Waals surface area contributed by atoms with Crippen molar-refractivity contribution in [2.75, 3.05) is 12.3 Å². The molecule has 4 nitrogen and oxygen atoms in total. The molecule has 0 aliphatic heterocycles. The molecule has 20 heavy (non-hydrogen) atoms. The lowest BCUT2D eigenvalue weighted by molar-refractivity contribution is 0.437. The normalized spacial score (nSPS) is 13.3. The Bertz CT molecular complexity index is 636. The molecule has 1 aromatic carbocycles. The van der Waals surface area contributed by atoms with Gasteiger partial charge in [0.1, 0.15) is 5.76 Å². The molecule has 0 saturated carbocycles. The Balaban J connectivity index is 1.91. The fourth-order valence-corrected chi connectivity index (χ4v) is 3.25. The quantitative estimate of drug-likeness (QED) is 0.862. The molecule has 0 amide bonds. The number of hydrogen-bond acceptors (Lipinski definition) is 4. The van der Waals surface area contributed by atoms with Gasteiger partial charge in [0, 0.05) is 11.0 Å². The monoisotopic (exact) mass is 357 g/mol. The standard InChI is InChI=1S/C14H16BrNO3S/c1-11(14-3-2-9-19-14)16-8-10-20(17,18)13-6-4-12(15)5-7-13/h2-7,9,11,16H,8,10H2,1H3. The average molecular weight is 358 g/mol. The molecule has 0 aliphatic carbocycles. The van der Waals surface area contributed by atoms with E-state index in [1.807, 2.05) is 19.1 Å². The second-order valence-electron chi connectivity index (χ2n) is 4.46. The van der Waals surface area contributed by atoms with Crippen molar-refractivity contribution >= 4 is 25.8 Å². The van der Waals surface area contributed by atoms with Crippen molar-refractivity contribution in [3.63, 3.8) is 0 Å². The van der Waals surface area contributed by atoms with Gasteiger partial charge in [-0.05, 0) is 43.3 Å². The number of sulfone groups is 1. The first kappa shape index (κ1) is 15.3. The Kier molecular flexibility index (Phi) is 5.01. The van der Waals surface area contributed by atoms with Crippen LogP contribution in [0.5, 0.6) is 0 Å². The van der Waals surface area contributed by atoms with Gasteiger partial charge < -0.3 is 9.73 Å². The zero-order valence-corrected chi connectivity index (χ0v) is 13.4. The van der Waals surface area contributed by atoms with Gasteiger partial charge in [0.2, 0.25) is 0 Å². The second kappa shape index (κ2) is 6.56. The molecular formula is C14H16BrNO3S. The first-order valence-corrected chi connectivity index (χ1v) is 8.69. The topological polar surface area (TPSA) is 59.3 Å². The predicted octanol–water partition coefficient (Wildman–Crippen LogP) is 3.17. The third-order valence-electron chi connectivity index (χ3n) is 2.96. The van der Waals surface area contributed by atoms with E-state index in [-0.39, 0.29) is 11.8 Å². The van der Waals surface area contributed by atoms with Crippen molar-refractivity contribution in [1.29, 1.82) is 0 Å². The van der Waals surface area contributed by atoms with E-state index < -0.39 is 9.84 Å². The maximum atomic E-state index is 12.1. The number of nitrogens with one attached hydrogen (secondary N) is 1. The van der Waals surface area contributed by atoms with Gasteiger partial charge >= 0.3 is 0 Å². The molecule has 0 radical (unpaired) electrons. The van der Waals surface area contributed by atoms with Crippen molar-refractivity contribution in [3.05, 3.63) is 52.9 Å². The van der Waals surface area contributed by atoms with Crippen molar-refractivity contribution in [3.8, 4) is 0 Å². The zero-order chi connectivity index (χ0) is 14.6. The molecule has 1 N–H and O–H groups in total. The first-order valence-electron chi connectivity index (χ1n) is 6.24. The van der Waals surface area contributed by atoms with Crippen LogP contribution in [0.25, 0.3) is 0 Å². The molecule has 0 bridgehead atoms. The Morgan fingerprint density at radius 1 is 1.25 bits per heavy atom. The highest BCUT2D eigenvalue weighted by Crippen LogP contribution is 2.16. The van der Waals surface area contributed by atoms with Gasteiger partial charge in [0.25, 0.3) is 0 Å². The summed E-state index contributed by atoms with van der Waals surface area (Å²) in [4.78, 5) is 0.341. The molecule has 2 aromatic rings. The number of benzene rings is 1. The highest BCUT2D eigenvalue weighted by Gasteiger charge is 2.15. The van der Waals surface area contributed by atoms with Crippen LogP contribution in [0.3, 0.4) is 0 Å². The van der Waals surface area contributed by atoms with E-state index in [4.69, 9.17) is 4.42 Å². The summed E-state index contributed by atoms with van der Waals surface area (Å²) in [6.45, 7) is 2.31. The number of halogens is 1. The van der Waals surface area contributed by atoms with Gasteiger partial charge in [0.15, 0.2) is 9.84 Å². The maximum absolute atomic E-state index is 12.1. The molecule has 0 spiro atoms. The largest absolute Gasteiger partial charge is 0.468 e. The third kappa shape index (κ3) is 3.94. The second-order valence-corrected chi connectivity index (χ2v) is 7.49. The molecule has 1 unspecified atom stereocenters.